The van der Waals surface area contributed by atoms with Crippen LogP contribution in [0.15, 0.2) is 16.6 Å². The molecule has 1 aromatic rings. The SMILES string of the molecule is CCNC(CCOc1c(C)cc(Br)cc1[N+](=O)[O-])C(=O)O. The van der Waals surface area contributed by atoms with Crippen LogP contribution in [0.1, 0.15) is 18.9 Å². The summed E-state index contributed by atoms with van der Waals surface area (Å²) in [6, 6.07) is 2.34. The second kappa shape index (κ2) is 7.94. The summed E-state index contributed by atoms with van der Waals surface area (Å²) in [5.74, 6) is -0.800. The topological polar surface area (TPSA) is 102 Å². The zero-order valence-electron chi connectivity index (χ0n) is 11.8. The molecule has 0 saturated heterocycles. The van der Waals surface area contributed by atoms with Gasteiger partial charge in [-0.1, -0.05) is 22.9 Å². The van der Waals surface area contributed by atoms with E-state index in [1.807, 2.05) is 0 Å². The Morgan fingerprint density at radius 1 is 1.57 bits per heavy atom. The molecule has 0 saturated carbocycles. The number of carbonyl (C=O) groups is 1. The lowest BCUT2D eigenvalue weighted by Gasteiger charge is -2.14. The van der Waals surface area contributed by atoms with E-state index in [-0.39, 0.29) is 24.5 Å². The Bertz CT molecular complexity index is 536. The minimum absolute atomic E-state index is 0.0767. The average Bonchev–Trinajstić information content (AvgIpc) is 2.38. The van der Waals surface area contributed by atoms with Gasteiger partial charge in [-0.3, -0.25) is 14.9 Å². The number of nitrogens with one attached hydrogen (secondary N) is 1. The van der Waals surface area contributed by atoms with Gasteiger partial charge in [0.2, 0.25) is 0 Å². The first-order chi connectivity index (χ1) is 9.86. The number of hydrogen-bond acceptors (Lipinski definition) is 5. The molecule has 0 heterocycles. The van der Waals surface area contributed by atoms with Crippen molar-refractivity contribution in [3.05, 3.63) is 32.3 Å². The molecular formula is C13H17BrN2O5. The fraction of sp³-hybridized carbons (Fsp3) is 0.462. The van der Waals surface area contributed by atoms with Gasteiger partial charge in [-0.15, -0.1) is 0 Å². The zero-order chi connectivity index (χ0) is 16.0. The van der Waals surface area contributed by atoms with Gasteiger partial charge in [-0.05, 0) is 25.1 Å². The van der Waals surface area contributed by atoms with Gasteiger partial charge in [0.25, 0.3) is 0 Å². The Hall–Kier alpha value is -1.67. The fourth-order valence-corrected chi connectivity index (χ4v) is 2.43. The van der Waals surface area contributed by atoms with Crippen LogP contribution in [-0.4, -0.2) is 35.2 Å². The van der Waals surface area contributed by atoms with Crippen LogP contribution in [-0.2, 0) is 4.79 Å². The van der Waals surface area contributed by atoms with Crippen molar-refractivity contribution in [2.75, 3.05) is 13.2 Å². The Labute approximate surface area is 130 Å². The highest BCUT2D eigenvalue weighted by atomic mass is 79.9. The van der Waals surface area contributed by atoms with Crippen molar-refractivity contribution in [3.63, 3.8) is 0 Å². The molecule has 1 rings (SSSR count). The number of aliphatic carboxylic acids is 1. The number of carboxylic acids is 1. The van der Waals surface area contributed by atoms with E-state index in [0.29, 0.717) is 16.6 Å². The van der Waals surface area contributed by atoms with Gasteiger partial charge in [0.15, 0.2) is 5.75 Å². The number of benzene rings is 1. The van der Waals surface area contributed by atoms with Crippen LogP contribution in [0.4, 0.5) is 5.69 Å². The van der Waals surface area contributed by atoms with Gasteiger partial charge in [0, 0.05) is 17.0 Å². The molecule has 116 valence electrons. The van der Waals surface area contributed by atoms with E-state index in [1.54, 1.807) is 19.9 Å². The van der Waals surface area contributed by atoms with Crippen LogP contribution >= 0.6 is 15.9 Å². The molecule has 7 nitrogen and oxygen atoms in total. The highest BCUT2D eigenvalue weighted by molar-refractivity contribution is 9.10. The van der Waals surface area contributed by atoms with Crippen LogP contribution in [0.2, 0.25) is 0 Å². The summed E-state index contributed by atoms with van der Waals surface area (Å²) >= 11 is 3.20. The number of ether oxygens (including phenoxy) is 1. The van der Waals surface area contributed by atoms with Crippen LogP contribution in [0.3, 0.4) is 0 Å². The van der Waals surface area contributed by atoms with Crippen molar-refractivity contribution in [2.45, 2.75) is 26.3 Å². The Balaban J connectivity index is 2.79. The lowest BCUT2D eigenvalue weighted by molar-refractivity contribution is -0.386. The molecule has 0 fully saturated rings. The molecule has 0 spiro atoms. The maximum atomic E-state index is 11.0. The summed E-state index contributed by atoms with van der Waals surface area (Å²) in [6.45, 7) is 4.11. The van der Waals surface area contributed by atoms with Crippen LogP contribution in [0.25, 0.3) is 0 Å². The van der Waals surface area contributed by atoms with Crippen LogP contribution in [0.5, 0.6) is 5.75 Å². The average molecular weight is 361 g/mol. The molecule has 8 heteroatoms. The molecule has 0 aliphatic carbocycles. The van der Waals surface area contributed by atoms with Gasteiger partial charge >= 0.3 is 11.7 Å². The van der Waals surface area contributed by atoms with Crippen molar-refractivity contribution in [1.29, 1.82) is 0 Å². The maximum Gasteiger partial charge on any atom is 0.320 e. The van der Waals surface area contributed by atoms with E-state index in [1.165, 1.54) is 6.07 Å². The summed E-state index contributed by atoms with van der Waals surface area (Å²) in [6.07, 6.45) is 0.218. The summed E-state index contributed by atoms with van der Waals surface area (Å²) < 4.78 is 6.04. The zero-order valence-corrected chi connectivity index (χ0v) is 13.3. The van der Waals surface area contributed by atoms with Gasteiger partial charge in [0.05, 0.1) is 11.5 Å². The van der Waals surface area contributed by atoms with Crippen molar-refractivity contribution in [2.24, 2.45) is 0 Å². The highest BCUT2D eigenvalue weighted by Crippen LogP contribution is 2.34. The van der Waals surface area contributed by atoms with Gasteiger partial charge < -0.3 is 15.2 Å². The number of aryl methyl sites for hydroxylation is 1. The molecule has 0 aromatic heterocycles. The maximum absolute atomic E-state index is 11.0. The molecule has 0 aliphatic rings. The molecular weight excluding hydrogens is 344 g/mol. The second-order valence-electron chi connectivity index (χ2n) is 4.41. The molecule has 21 heavy (non-hydrogen) atoms. The van der Waals surface area contributed by atoms with Crippen molar-refractivity contribution in [3.8, 4) is 5.75 Å². The summed E-state index contributed by atoms with van der Waals surface area (Å²) in [5, 5.41) is 22.8. The molecule has 0 amide bonds. The van der Waals surface area contributed by atoms with E-state index in [2.05, 4.69) is 21.2 Å². The molecule has 1 unspecified atom stereocenters. The minimum Gasteiger partial charge on any atom is -0.487 e. The first-order valence-electron chi connectivity index (χ1n) is 6.40. The Morgan fingerprint density at radius 2 is 2.24 bits per heavy atom. The molecule has 2 N–H and O–H groups in total. The van der Waals surface area contributed by atoms with E-state index >= 15 is 0 Å². The standard InChI is InChI=1S/C13H17BrN2O5/c1-3-15-10(13(17)18)4-5-21-12-8(2)6-9(14)7-11(12)16(19)20/h6-7,10,15H,3-5H2,1-2H3,(H,17,18). The third-order valence-electron chi connectivity index (χ3n) is 2.82. The highest BCUT2D eigenvalue weighted by Gasteiger charge is 2.21. The van der Waals surface area contributed by atoms with Crippen LogP contribution in [0, 0.1) is 17.0 Å². The number of likely N-dealkylation sites (N-methyl/N-ethyl adjacent to an activating group) is 1. The number of nitro groups is 1. The molecule has 1 atom stereocenters. The third-order valence-corrected chi connectivity index (χ3v) is 3.28. The van der Waals surface area contributed by atoms with Crippen LogP contribution < -0.4 is 10.1 Å². The van der Waals surface area contributed by atoms with Crippen molar-refractivity contribution < 1.29 is 19.6 Å². The number of nitro benzene ring substituents is 1. The minimum atomic E-state index is -0.970. The summed E-state index contributed by atoms with van der Waals surface area (Å²) in [4.78, 5) is 21.5. The number of rotatable bonds is 8. The number of halogens is 1. The number of carboxylic acid groups (broad SMARTS) is 1. The normalized spacial score (nSPS) is 12.0. The second-order valence-corrected chi connectivity index (χ2v) is 5.33. The summed E-state index contributed by atoms with van der Waals surface area (Å²) in [5.41, 5.74) is 0.476. The van der Waals surface area contributed by atoms with Crippen molar-refractivity contribution in [1.82, 2.24) is 5.32 Å². The molecule has 1 aromatic carbocycles. The van der Waals surface area contributed by atoms with E-state index in [9.17, 15) is 14.9 Å². The van der Waals surface area contributed by atoms with E-state index in [4.69, 9.17) is 9.84 Å². The summed E-state index contributed by atoms with van der Waals surface area (Å²) in [7, 11) is 0. The first-order valence-corrected chi connectivity index (χ1v) is 7.19. The van der Waals surface area contributed by atoms with E-state index < -0.39 is 16.9 Å². The lowest BCUT2D eigenvalue weighted by atomic mass is 10.2. The predicted octanol–water partition coefficient (Wildman–Crippen LogP) is 2.50. The smallest absolute Gasteiger partial charge is 0.320 e. The molecule has 0 bridgehead atoms. The number of hydrogen-bond donors (Lipinski definition) is 2. The Morgan fingerprint density at radius 3 is 2.76 bits per heavy atom. The fourth-order valence-electron chi connectivity index (χ4n) is 1.87. The largest absolute Gasteiger partial charge is 0.487 e. The molecule has 0 aliphatic heterocycles. The van der Waals surface area contributed by atoms with Gasteiger partial charge in [0.1, 0.15) is 6.04 Å². The van der Waals surface area contributed by atoms with Gasteiger partial charge in [-0.2, -0.15) is 0 Å². The predicted molar refractivity (Wildman–Crippen MR) is 80.7 cm³/mol. The quantitative estimate of drug-likeness (QED) is 0.545. The molecule has 0 radical (unpaired) electrons. The monoisotopic (exact) mass is 360 g/mol. The Kier molecular flexibility index (Phi) is 6.57. The van der Waals surface area contributed by atoms with E-state index in [0.717, 1.165) is 0 Å². The van der Waals surface area contributed by atoms with Gasteiger partial charge in [-0.25, -0.2) is 0 Å². The number of nitrogens with zero attached hydrogens (tertiary/aromatic N) is 1. The third kappa shape index (κ3) is 4.98. The van der Waals surface area contributed by atoms with Crippen molar-refractivity contribution >= 4 is 27.6 Å². The first kappa shape index (κ1) is 17.4. The lowest BCUT2D eigenvalue weighted by Crippen LogP contribution is -2.37.